The Morgan fingerprint density at radius 1 is 1.33 bits per heavy atom. The van der Waals surface area contributed by atoms with Crippen LogP contribution in [0.25, 0.3) is 5.69 Å². The lowest BCUT2D eigenvalue weighted by molar-refractivity contribution is 0.196. The number of aliphatic hydroxyl groups is 1. The Bertz CT molecular complexity index is 472. The van der Waals surface area contributed by atoms with E-state index in [-0.39, 0.29) is 0 Å². The topological polar surface area (TPSA) is 50.9 Å². The number of benzene rings is 1. The van der Waals surface area contributed by atoms with Crippen molar-refractivity contribution >= 4 is 11.8 Å². The van der Waals surface area contributed by atoms with Crippen molar-refractivity contribution in [1.29, 1.82) is 0 Å². The Balaban J connectivity index is 2.12. The Kier molecular flexibility index (Phi) is 4.78. The molecular formula is C13H17N3OS. The number of aliphatic hydroxyl groups excluding tert-OH is 1. The van der Waals surface area contributed by atoms with E-state index in [1.165, 1.54) is 0 Å². The van der Waals surface area contributed by atoms with Crippen LogP contribution in [0.2, 0.25) is 0 Å². The van der Waals surface area contributed by atoms with E-state index >= 15 is 0 Å². The zero-order valence-electron chi connectivity index (χ0n) is 10.4. The fourth-order valence-corrected chi connectivity index (χ4v) is 2.51. The SMILES string of the molecule is CCCSCC(O)c1cnnn1-c1ccccc1. The van der Waals surface area contributed by atoms with Gasteiger partial charge in [-0.3, -0.25) is 0 Å². The number of rotatable bonds is 6. The second-order valence-corrected chi connectivity index (χ2v) is 5.15. The van der Waals surface area contributed by atoms with Crippen molar-refractivity contribution in [3.05, 3.63) is 42.2 Å². The van der Waals surface area contributed by atoms with Gasteiger partial charge in [0.05, 0.1) is 17.6 Å². The largest absolute Gasteiger partial charge is 0.386 e. The zero-order chi connectivity index (χ0) is 12.8. The molecule has 2 aromatic rings. The van der Waals surface area contributed by atoms with Gasteiger partial charge in [-0.15, -0.1) is 5.10 Å². The average Bonchev–Trinajstić information content (AvgIpc) is 2.89. The smallest absolute Gasteiger partial charge is 0.107 e. The van der Waals surface area contributed by atoms with Crippen molar-refractivity contribution in [2.75, 3.05) is 11.5 Å². The van der Waals surface area contributed by atoms with Crippen LogP contribution in [0.3, 0.4) is 0 Å². The summed E-state index contributed by atoms with van der Waals surface area (Å²) in [6, 6.07) is 9.74. The number of hydrogen-bond acceptors (Lipinski definition) is 4. The van der Waals surface area contributed by atoms with Crippen LogP contribution in [0.1, 0.15) is 25.1 Å². The molecular weight excluding hydrogens is 246 g/mol. The van der Waals surface area contributed by atoms with Gasteiger partial charge in [0.15, 0.2) is 0 Å². The predicted molar refractivity (Wildman–Crippen MR) is 73.9 cm³/mol. The fourth-order valence-electron chi connectivity index (χ4n) is 1.66. The Morgan fingerprint density at radius 3 is 2.83 bits per heavy atom. The third-order valence-corrected chi connectivity index (χ3v) is 3.79. The molecule has 2 rings (SSSR count). The van der Waals surface area contributed by atoms with Crippen molar-refractivity contribution in [1.82, 2.24) is 15.0 Å². The van der Waals surface area contributed by atoms with Crippen molar-refractivity contribution < 1.29 is 5.11 Å². The minimum Gasteiger partial charge on any atom is -0.386 e. The third-order valence-electron chi connectivity index (χ3n) is 2.54. The van der Waals surface area contributed by atoms with Gasteiger partial charge in [0.1, 0.15) is 6.10 Å². The quantitative estimate of drug-likeness (QED) is 0.813. The van der Waals surface area contributed by atoms with Gasteiger partial charge in [-0.25, -0.2) is 4.68 Å². The molecule has 0 amide bonds. The van der Waals surface area contributed by atoms with Crippen molar-refractivity contribution in [2.45, 2.75) is 19.4 Å². The maximum absolute atomic E-state index is 10.2. The number of aromatic nitrogens is 3. The summed E-state index contributed by atoms with van der Waals surface area (Å²) in [4.78, 5) is 0. The van der Waals surface area contributed by atoms with E-state index in [1.54, 1.807) is 22.6 Å². The summed E-state index contributed by atoms with van der Waals surface area (Å²) in [5, 5.41) is 18.1. The lowest BCUT2D eigenvalue weighted by atomic mass is 10.2. The van der Waals surface area contributed by atoms with Crippen LogP contribution in [0.4, 0.5) is 0 Å². The zero-order valence-corrected chi connectivity index (χ0v) is 11.2. The van der Waals surface area contributed by atoms with E-state index in [0.29, 0.717) is 5.75 Å². The highest BCUT2D eigenvalue weighted by Crippen LogP contribution is 2.20. The number of para-hydroxylation sites is 1. The molecule has 0 saturated carbocycles. The molecule has 0 spiro atoms. The lowest BCUT2D eigenvalue weighted by Crippen LogP contribution is -2.09. The van der Waals surface area contributed by atoms with Crippen LogP contribution in [-0.4, -0.2) is 31.6 Å². The van der Waals surface area contributed by atoms with Gasteiger partial charge in [0.25, 0.3) is 0 Å². The summed E-state index contributed by atoms with van der Waals surface area (Å²) in [5.41, 5.74) is 1.66. The Hall–Kier alpha value is -1.33. The Labute approximate surface area is 111 Å². The highest BCUT2D eigenvalue weighted by Gasteiger charge is 2.15. The van der Waals surface area contributed by atoms with Crippen LogP contribution < -0.4 is 0 Å². The normalized spacial score (nSPS) is 12.6. The van der Waals surface area contributed by atoms with Gasteiger partial charge >= 0.3 is 0 Å². The summed E-state index contributed by atoms with van der Waals surface area (Å²) in [6.07, 6.45) is 2.22. The summed E-state index contributed by atoms with van der Waals surface area (Å²) in [6.45, 7) is 2.13. The second kappa shape index (κ2) is 6.56. The standard InChI is InChI=1S/C13H17N3OS/c1-2-8-18-10-13(17)12-9-14-15-16(12)11-6-4-3-5-7-11/h3-7,9,13,17H,2,8,10H2,1H3. The molecule has 5 heteroatoms. The highest BCUT2D eigenvalue weighted by molar-refractivity contribution is 7.99. The summed E-state index contributed by atoms with van der Waals surface area (Å²) in [7, 11) is 0. The maximum atomic E-state index is 10.2. The maximum Gasteiger partial charge on any atom is 0.107 e. The van der Waals surface area contributed by atoms with Crippen LogP contribution in [0, 0.1) is 0 Å². The number of hydrogen-bond donors (Lipinski definition) is 1. The first-order valence-corrected chi connectivity index (χ1v) is 7.20. The molecule has 96 valence electrons. The van der Waals surface area contributed by atoms with Gasteiger partial charge in [0, 0.05) is 5.75 Å². The second-order valence-electron chi connectivity index (χ2n) is 4.00. The van der Waals surface area contributed by atoms with E-state index in [2.05, 4.69) is 17.2 Å². The molecule has 0 bridgehead atoms. The minimum absolute atomic E-state index is 0.531. The van der Waals surface area contributed by atoms with Gasteiger partial charge in [0.2, 0.25) is 0 Å². The minimum atomic E-state index is -0.531. The molecule has 0 aliphatic carbocycles. The van der Waals surface area contributed by atoms with Crippen LogP contribution in [-0.2, 0) is 0 Å². The molecule has 0 saturated heterocycles. The third kappa shape index (κ3) is 3.11. The monoisotopic (exact) mass is 263 g/mol. The first-order chi connectivity index (χ1) is 8.83. The molecule has 1 heterocycles. The molecule has 1 aromatic carbocycles. The molecule has 0 aliphatic heterocycles. The lowest BCUT2D eigenvalue weighted by Gasteiger charge is -2.11. The van der Waals surface area contributed by atoms with Crippen molar-refractivity contribution in [3.8, 4) is 5.69 Å². The van der Waals surface area contributed by atoms with Crippen LogP contribution >= 0.6 is 11.8 Å². The van der Waals surface area contributed by atoms with Gasteiger partial charge in [-0.2, -0.15) is 11.8 Å². The van der Waals surface area contributed by atoms with E-state index in [9.17, 15) is 5.11 Å². The molecule has 4 nitrogen and oxygen atoms in total. The summed E-state index contributed by atoms with van der Waals surface area (Å²) >= 11 is 1.74. The van der Waals surface area contributed by atoms with E-state index < -0.39 is 6.10 Å². The van der Waals surface area contributed by atoms with E-state index in [0.717, 1.165) is 23.6 Å². The van der Waals surface area contributed by atoms with Gasteiger partial charge in [-0.05, 0) is 24.3 Å². The van der Waals surface area contributed by atoms with Crippen molar-refractivity contribution in [2.24, 2.45) is 0 Å². The molecule has 18 heavy (non-hydrogen) atoms. The van der Waals surface area contributed by atoms with Crippen LogP contribution in [0.15, 0.2) is 36.5 Å². The van der Waals surface area contributed by atoms with Crippen molar-refractivity contribution in [3.63, 3.8) is 0 Å². The molecule has 0 radical (unpaired) electrons. The number of nitrogens with zero attached hydrogens (tertiary/aromatic N) is 3. The molecule has 1 unspecified atom stereocenters. The molecule has 1 N–H and O–H groups in total. The van der Waals surface area contributed by atoms with Crippen LogP contribution in [0.5, 0.6) is 0 Å². The fraction of sp³-hybridized carbons (Fsp3) is 0.385. The van der Waals surface area contributed by atoms with E-state index in [1.807, 2.05) is 30.3 Å². The molecule has 1 aromatic heterocycles. The molecule has 1 atom stereocenters. The Morgan fingerprint density at radius 2 is 2.11 bits per heavy atom. The van der Waals surface area contributed by atoms with Gasteiger partial charge < -0.3 is 5.11 Å². The number of thioether (sulfide) groups is 1. The molecule has 0 aliphatic rings. The van der Waals surface area contributed by atoms with E-state index in [4.69, 9.17) is 0 Å². The summed E-state index contributed by atoms with van der Waals surface area (Å²) < 4.78 is 1.69. The first kappa shape index (κ1) is 13.1. The predicted octanol–water partition coefficient (Wildman–Crippen LogP) is 2.44. The summed E-state index contributed by atoms with van der Waals surface area (Å²) in [5.74, 6) is 1.73. The first-order valence-electron chi connectivity index (χ1n) is 6.04. The van der Waals surface area contributed by atoms with Gasteiger partial charge in [-0.1, -0.05) is 30.3 Å². The average molecular weight is 263 g/mol. The highest BCUT2D eigenvalue weighted by atomic mass is 32.2. The molecule has 0 fully saturated rings.